The Kier molecular flexibility index (Phi) is 16.8. The number of piperidine rings is 1. The SMILES string of the molecule is O=C1CCC(N2C(=O)c3cccc(NCCOCCOCCOCCOCCOCCC(=O)N4CCN(C(=O)c5cc(CC6=NCC(=O)c7ccccc76)ccc5F)CC4)c3C2=O)C(=O)N1. The zero-order valence-corrected chi connectivity index (χ0v) is 36.6. The lowest BCUT2D eigenvalue weighted by molar-refractivity contribution is -0.136. The number of Topliss-reactive ketones (excluding diaryl/α,β-unsaturated/α-hetero) is 1. The number of nitrogens with zero attached hydrogens (tertiary/aromatic N) is 4. The highest BCUT2D eigenvalue weighted by Gasteiger charge is 2.45. The number of piperazine rings is 1. The number of amides is 6. The summed E-state index contributed by atoms with van der Waals surface area (Å²) >= 11 is 0. The van der Waals surface area contributed by atoms with E-state index < -0.39 is 41.4 Å². The second kappa shape index (κ2) is 23.3. The minimum Gasteiger partial charge on any atom is -0.382 e. The molecule has 0 radical (unpaired) electrons. The van der Waals surface area contributed by atoms with Crippen molar-refractivity contribution in [2.75, 3.05) is 111 Å². The number of fused-ring (bicyclic) bond motifs is 2. The summed E-state index contributed by atoms with van der Waals surface area (Å²) in [5.41, 5.74) is 3.60. The van der Waals surface area contributed by atoms with Gasteiger partial charge in [0.05, 0.1) is 89.2 Å². The van der Waals surface area contributed by atoms with Crippen molar-refractivity contribution in [1.29, 1.82) is 0 Å². The van der Waals surface area contributed by atoms with Crippen molar-refractivity contribution in [3.05, 3.63) is 99.9 Å². The van der Waals surface area contributed by atoms with Crippen molar-refractivity contribution in [2.24, 2.45) is 4.99 Å². The number of nitrogens with one attached hydrogen (secondary N) is 2. The number of halogens is 1. The smallest absolute Gasteiger partial charge is 0.264 e. The Morgan fingerprint density at radius 3 is 2.02 bits per heavy atom. The van der Waals surface area contributed by atoms with E-state index in [1.54, 1.807) is 46.2 Å². The van der Waals surface area contributed by atoms with E-state index in [1.807, 2.05) is 12.1 Å². The van der Waals surface area contributed by atoms with Gasteiger partial charge in [-0.2, -0.15) is 0 Å². The zero-order valence-electron chi connectivity index (χ0n) is 36.6. The van der Waals surface area contributed by atoms with Crippen LogP contribution in [0.2, 0.25) is 0 Å². The fourth-order valence-electron chi connectivity index (χ4n) is 8.05. The Balaban J connectivity index is 0.669. The third-order valence-electron chi connectivity index (χ3n) is 11.5. The molecule has 1 unspecified atom stereocenters. The quantitative estimate of drug-likeness (QED) is 0.104. The first-order valence-electron chi connectivity index (χ1n) is 22.1. The third-order valence-corrected chi connectivity index (χ3v) is 11.5. The summed E-state index contributed by atoms with van der Waals surface area (Å²) in [6, 6.07) is 15.5. The molecule has 0 aromatic heterocycles. The first kappa shape index (κ1) is 47.7. The molecule has 7 rings (SSSR count). The van der Waals surface area contributed by atoms with Gasteiger partial charge in [0.1, 0.15) is 18.4 Å². The van der Waals surface area contributed by atoms with Crippen molar-refractivity contribution < 1.29 is 61.6 Å². The number of aliphatic imine (C=N–C) groups is 1. The summed E-state index contributed by atoms with van der Waals surface area (Å²) in [5, 5.41) is 5.32. The van der Waals surface area contributed by atoms with E-state index in [1.165, 1.54) is 12.1 Å². The monoisotopic (exact) mass is 912 g/mol. The van der Waals surface area contributed by atoms with Crippen LogP contribution in [-0.4, -0.2) is 173 Å². The normalized spacial score (nSPS) is 17.2. The topological polar surface area (TPSA) is 212 Å². The van der Waals surface area contributed by atoms with E-state index in [0.29, 0.717) is 102 Å². The van der Waals surface area contributed by atoms with Gasteiger partial charge in [-0.05, 0) is 36.2 Å². The minimum atomic E-state index is -1.03. The number of rotatable bonds is 23. The number of ether oxygens (including phenoxy) is 5. The molecule has 1 atom stereocenters. The van der Waals surface area contributed by atoms with Crippen LogP contribution in [0.4, 0.5) is 10.1 Å². The standard InChI is InChI=1S/C47H53FN6O12/c48-36-9-8-31(29-38-32-4-1-2-5-33(32)40(55)30-50-38)28-35(36)45(59)53-16-14-52(15-17-53)42(57)12-18-62-20-22-64-24-26-66-27-25-65-23-21-63-19-13-49-37-7-3-6-34-43(37)47(61)54(46(34)60)39-10-11-41(56)51-44(39)58/h1-9,28,39,49H,10-27,29-30H2,(H,51,56,58). The first-order chi connectivity index (χ1) is 32.1. The van der Waals surface area contributed by atoms with Crippen LogP contribution < -0.4 is 10.6 Å². The Bertz CT molecular complexity index is 2330. The lowest BCUT2D eigenvalue weighted by Gasteiger charge is -2.35. The van der Waals surface area contributed by atoms with E-state index in [4.69, 9.17) is 23.7 Å². The van der Waals surface area contributed by atoms with Crippen molar-refractivity contribution in [3.8, 4) is 0 Å². The van der Waals surface area contributed by atoms with E-state index in [2.05, 4.69) is 15.6 Å². The van der Waals surface area contributed by atoms with E-state index in [-0.39, 0.29) is 73.9 Å². The molecule has 0 aliphatic carbocycles. The fourth-order valence-corrected chi connectivity index (χ4v) is 8.05. The number of carbonyl (C=O) groups is 7. The van der Waals surface area contributed by atoms with Gasteiger partial charge < -0.3 is 38.8 Å². The van der Waals surface area contributed by atoms with Crippen LogP contribution in [0.25, 0.3) is 0 Å². The molecule has 19 heteroatoms. The van der Waals surface area contributed by atoms with Crippen molar-refractivity contribution >= 4 is 52.6 Å². The van der Waals surface area contributed by atoms with Gasteiger partial charge in [-0.15, -0.1) is 0 Å². The Labute approximate surface area is 380 Å². The number of carbonyl (C=O) groups excluding carboxylic acids is 7. The Morgan fingerprint density at radius 2 is 1.33 bits per heavy atom. The zero-order chi connectivity index (χ0) is 46.4. The highest BCUT2D eigenvalue weighted by Crippen LogP contribution is 2.32. The molecular formula is C47H53FN6O12. The predicted octanol–water partition coefficient (Wildman–Crippen LogP) is 2.32. The summed E-state index contributed by atoms with van der Waals surface area (Å²) < 4.78 is 42.7. The van der Waals surface area contributed by atoms with E-state index >= 15 is 0 Å². The second-order valence-corrected chi connectivity index (χ2v) is 15.8. The highest BCUT2D eigenvalue weighted by molar-refractivity contribution is 6.25. The maximum absolute atomic E-state index is 14.9. The number of anilines is 1. The molecular weight excluding hydrogens is 860 g/mol. The van der Waals surface area contributed by atoms with Crippen LogP contribution in [0.3, 0.4) is 0 Å². The fraction of sp³-hybridized carbons (Fsp3) is 0.447. The van der Waals surface area contributed by atoms with E-state index in [9.17, 15) is 38.0 Å². The molecule has 4 aliphatic rings. The molecule has 4 aliphatic heterocycles. The molecule has 2 N–H and O–H groups in total. The molecule has 350 valence electrons. The molecule has 2 fully saturated rings. The molecule has 18 nitrogen and oxygen atoms in total. The molecule has 66 heavy (non-hydrogen) atoms. The predicted molar refractivity (Wildman–Crippen MR) is 235 cm³/mol. The minimum absolute atomic E-state index is 0.0358. The van der Waals surface area contributed by atoms with Gasteiger partial charge in [0.15, 0.2) is 5.78 Å². The second-order valence-electron chi connectivity index (χ2n) is 15.8. The van der Waals surface area contributed by atoms with E-state index in [0.717, 1.165) is 16.2 Å². The molecule has 3 aromatic rings. The molecule has 0 spiro atoms. The Morgan fingerprint density at radius 1 is 0.712 bits per heavy atom. The molecule has 3 aromatic carbocycles. The molecule has 2 saturated heterocycles. The average molecular weight is 913 g/mol. The number of hydrogen-bond acceptors (Lipinski definition) is 14. The summed E-state index contributed by atoms with van der Waals surface area (Å²) in [6.45, 7) is 4.96. The summed E-state index contributed by atoms with van der Waals surface area (Å²) in [6.07, 6.45) is 0.673. The molecule has 0 saturated carbocycles. The van der Waals surface area contributed by atoms with Crippen LogP contribution in [0.15, 0.2) is 65.7 Å². The largest absolute Gasteiger partial charge is 0.382 e. The summed E-state index contributed by atoms with van der Waals surface area (Å²) in [7, 11) is 0. The van der Waals surface area contributed by atoms with Crippen molar-refractivity contribution in [1.82, 2.24) is 20.0 Å². The third kappa shape index (κ3) is 12.0. The van der Waals surface area contributed by atoms with Gasteiger partial charge in [0.25, 0.3) is 17.7 Å². The summed E-state index contributed by atoms with van der Waals surface area (Å²) in [5.74, 6) is -3.43. The van der Waals surface area contributed by atoms with Crippen molar-refractivity contribution in [2.45, 2.75) is 31.7 Å². The maximum Gasteiger partial charge on any atom is 0.264 e. The highest BCUT2D eigenvalue weighted by atomic mass is 19.1. The van der Waals surface area contributed by atoms with Crippen LogP contribution in [0.1, 0.15) is 71.8 Å². The van der Waals surface area contributed by atoms with Crippen LogP contribution in [0.5, 0.6) is 0 Å². The average Bonchev–Trinajstić information content (AvgIpc) is 3.58. The number of ketones is 1. The van der Waals surface area contributed by atoms with Gasteiger partial charge in [0.2, 0.25) is 17.7 Å². The van der Waals surface area contributed by atoms with Gasteiger partial charge in [-0.1, -0.05) is 36.4 Å². The van der Waals surface area contributed by atoms with Gasteiger partial charge >= 0.3 is 0 Å². The maximum atomic E-state index is 14.9. The number of hydrogen-bond donors (Lipinski definition) is 2. The molecule has 0 bridgehead atoms. The van der Waals surface area contributed by atoms with Crippen LogP contribution >= 0.6 is 0 Å². The lowest BCUT2D eigenvalue weighted by Crippen LogP contribution is -2.54. The number of benzene rings is 3. The molecule has 6 amide bonds. The lowest BCUT2D eigenvalue weighted by atomic mass is 9.92. The first-order valence-corrected chi connectivity index (χ1v) is 22.1. The Hall–Kier alpha value is -6.25. The molecule has 4 heterocycles. The van der Waals surface area contributed by atoms with Crippen LogP contribution in [0, 0.1) is 5.82 Å². The van der Waals surface area contributed by atoms with Crippen LogP contribution in [-0.2, 0) is 44.5 Å². The van der Waals surface area contributed by atoms with Gasteiger partial charge in [-0.3, -0.25) is 48.8 Å². The number of imide groups is 2. The van der Waals surface area contributed by atoms with Gasteiger partial charge in [-0.25, -0.2) is 4.39 Å². The summed E-state index contributed by atoms with van der Waals surface area (Å²) in [4.78, 5) is 97.2. The van der Waals surface area contributed by atoms with Crippen molar-refractivity contribution in [3.63, 3.8) is 0 Å². The van der Waals surface area contributed by atoms with Gasteiger partial charge in [0, 0.05) is 68.1 Å².